The molecule has 0 spiro atoms. The number of carbonyl (C=O) groups is 1. The van der Waals surface area contributed by atoms with E-state index in [1.54, 1.807) is 97.1 Å². The van der Waals surface area contributed by atoms with Crippen LogP contribution in [0.5, 0.6) is 23.0 Å². The number of para-hydroxylation sites is 4. The zero-order chi connectivity index (χ0) is 52.1. The maximum atomic E-state index is 13.3. The van der Waals surface area contributed by atoms with Gasteiger partial charge in [0.25, 0.3) is 26.1 Å². The second-order valence-corrected chi connectivity index (χ2v) is 19.0. The van der Waals surface area contributed by atoms with Crippen LogP contribution in [0.1, 0.15) is 27.0 Å². The molecule has 0 fully saturated rings. The van der Waals surface area contributed by atoms with Gasteiger partial charge in [0.05, 0.1) is 51.0 Å². The molecule has 0 radical (unpaired) electrons. The Morgan fingerprint density at radius 2 is 1.05 bits per heavy atom. The third-order valence-electron chi connectivity index (χ3n) is 10.7. The third-order valence-corrected chi connectivity index (χ3v) is 13.3. The van der Waals surface area contributed by atoms with Gasteiger partial charge in [-0.25, -0.2) is 0 Å². The molecule has 8 aromatic rings. The molecule has 0 saturated carbocycles. The quantitative estimate of drug-likeness (QED) is 0.0292. The fourth-order valence-electron chi connectivity index (χ4n) is 7.20. The zero-order valence-electron chi connectivity index (χ0n) is 38.7. The number of amides is 1. The topological polar surface area (TPSA) is 284 Å². The molecule has 0 unspecified atom stereocenters. The second kappa shape index (κ2) is 23.4. The number of phenolic OH excluding ortho intramolecular Hbond substituents is 1. The maximum Gasteiger partial charge on any atom is 2.00 e. The molecule has 4 N–H and O–H groups in total. The number of rotatable bonds is 12. The minimum Gasteiger partial charge on any atom is -0.871 e. The van der Waals surface area contributed by atoms with E-state index in [1.165, 1.54) is 52.3 Å². The number of nitrogens with one attached hydrogen (secondary N) is 1. The van der Waals surface area contributed by atoms with Crippen LogP contribution >= 0.6 is 23.2 Å². The fraction of sp³-hybridized carbons (Fsp3) is 0.0800. The van der Waals surface area contributed by atoms with E-state index < -0.39 is 43.5 Å². The first-order chi connectivity index (χ1) is 34.2. The van der Waals surface area contributed by atoms with Gasteiger partial charge < -0.3 is 30.1 Å². The van der Waals surface area contributed by atoms with E-state index in [0.717, 1.165) is 12.1 Å². The fourth-order valence-corrected chi connectivity index (χ4v) is 9.20. The van der Waals surface area contributed by atoms with Gasteiger partial charge in [-0.3, -0.25) is 18.9 Å². The normalized spacial score (nSPS) is 11.9. The van der Waals surface area contributed by atoms with Gasteiger partial charge in [0.2, 0.25) is 0 Å². The molecular formula is C50H38CaCl2N6O12S2. The van der Waals surface area contributed by atoms with Gasteiger partial charge in [0.1, 0.15) is 34.2 Å². The molecule has 0 aliphatic rings. The van der Waals surface area contributed by atoms with Crippen LogP contribution in [0, 0.1) is 13.8 Å². The summed E-state index contributed by atoms with van der Waals surface area (Å²) in [6.45, 7) is 2.92. The number of phenols is 1. The molecule has 23 heteroatoms. The van der Waals surface area contributed by atoms with Crippen LogP contribution in [-0.2, 0) is 20.2 Å². The van der Waals surface area contributed by atoms with Crippen LogP contribution in [0.15, 0.2) is 169 Å². The Morgan fingerprint density at radius 3 is 1.59 bits per heavy atom. The summed E-state index contributed by atoms with van der Waals surface area (Å²) in [5.74, 6) is -1.65. The van der Waals surface area contributed by atoms with Gasteiger partial charge in [-0.2, -0.15) is 21.9 Å². The molecule has 368 valence electrons. The van der Waals surface area contributed by atoms with Crippen molar-refractivity contribution in [1.29, 1.82) is 0 Å². The summed E-state index contributed by atoms with van der Waals surface area (Å²) in [5, 5.41) is 58.4. The van der Waals surface area contributed by atoms with Gasteiger partial charge in [0.15, 0.2) is 5.75 Å². The van der Waals surface area contributed by atoms with Crippen molar-refractivity contribution in [3.8, 4) is 23.0 Å². The first-order valence-corrected chi connectivity index (χ1v) is 24.5. The van der Waals surface area contributed by atoms with E-state index in [1.807, 2.05) is 0 Å². The monoisotopic (exact) mass is 1090 g/mol. The molecule has 73 heavy (non-hydrogen) atoms. The summed E-state index contributed by atoms with van der Waals surface area (Å²) in [4.78, 5) is 16.4. The average molecular weight is 1090 g/mol. The van der Waals surface area contributed by atoms with Gasteiger partial charge in [-0.05, 0) is 108 Å². The van der Waals surface area contributed by atoms with E-state index in [0.29, 0.717) is 38.7 Å². The zero-order valence-corrected chi connectivity index (χ0v) is 44.1. The van der Waals surface area contributed by atoms with Crippen LogP contribution < -0.4 is 25.0 Å². The number of nitrogens with zero attached hydrogens (tertiary/aromatic N) is 5. The number of methoxy groups -OCH3 is 2. The number of aryl methyl sites for hydroxylation is 2. The average Bonchev–Trinajstić information content (AvgIpc) is 3.34. The largest absolute Gasteiger partial charge is 2.00 e. The molecule has 0 atom stereocenters. The molecule has 0 aromatic heterocycles. The Labute approximate surface area is 457 Å². The molecule has 18 nitrogen and oxygen atoms in total. The van der Waals surface area contributed by atoms with Gasteiger partial charge in [-0.1, -0.05) is 102 Å². The number of aromatic hydroxyl groups is 1. The van der Waals surface area contributed by atoms with Gasteiger partial charge >= 0.3 is 37.7 Å². The van der Waals surface area contributed by atoms with Crippen molar-refractivity contribution in [3.63, 3.8) is 0 Å². The molecule has 0 aliphatic heterocycles. The minimum atomic E-state index is -4.49. The number of azo groups is 2. The van der Waals surface area contributed by atoms with Crippen LogP contribution in [0.3, 0.4) is 0 Å². The number of benzene rings is 8. The Morgan fingerprint density at radius 1 is 0.603 bits per heavy atom. The minimum absolute atomic E-state index is 0. The van der Waals surface area contributed by atoms with Crippen molar-refractivity contribution in [2.75, 3.05) is 19.5 Å². The van der Waals surface area contributed by atoms with Crippen LogP contribution in [-0.4, -0.2) is 94.8 Å². The molecule has 8 aromatic carbocycles. The maximum absolute atomic E-state index is 13.3. The van der Waals surface area contributed by atoms with Gasteiger partial charge in [-0.15, -0.1) is 15.3 Å². The standard InChI is InChI=1S/2C25H20ClN3O6S.Ca/c2*1-14-11-20(18(26)13-22(14)36(32,33)34)28-29-23-16-8-4-3-7-15(16)12-17(24(23)30)25(31)27-19-9-5-6-10-21(19)35-2;/h2*3-13,30H,1-2H3,(H,27,31)(H,32,33,34);/q;;+2/p-2. The van der Waals surface area contributed by atoms with E-state index in [4.69, 9.17) is 32.7 Å². The summed E-state index contributed by atoms with van der Waals surface area (Å²) in [6, 6.07) is 35.0. The number of carbonyl (C=O) groups excluding carboxylic acids is 1. The van der Waals surface area contributed by atoms with E-state index in [-0.39, 0.29) is 108 Å². The first-order valence-electron chi connectivity index (χ1n) is 20.9. The van der Waals surface area contributed by atoms with Crippen LogP contribution in [0.2, 0.25) is 10.0 Å². The summed E-state index contributed by atoms with van der Waals surface area (Å²) in [7, 11) is -6.03. The molecule has 0 saturated heterocycles. The number of ether oxygens (including phenoxy) is 2. The molecule has 0 aliphatic carbocycles. The van der Waals surface area contributed by atoms with E-state index >= 15 is 0 Å². The number of hydrogen-bond acceptors (Lipinski definition) is 15. The smallest absolute Gasteiger partial charge is 0.871 e. The Balaban J connectivity index is 0.000000235. The number of fused-ring (bicyclic) bond motifs is 2. The van der Waals surface area contributed by atoms with Gasteiger partial charge in [0, 0.05) is 10.8 Å². The number of hydrogen-bond donors (Lipinski definition) is 4. The predicted octanol–water partition coefficient (Wildman–Crippen LogP) is 11.0. The SMILES string of the molecule is COc1ccccc1N=C([O-])c1cc2ccccc2c(N=Nc2cc(C)c(S(=O)(=O)O)cc2Cl)c1[O-].COc1ccccc1NC(=O)c1cc2ccccc2c(N=Nc2cc(C)c(S(=O)(=O)O)cc2Cl)c1O.[Ca+2]. The first kappa shape index (κ1) is 55.6. The Bertz CT molecular complexity index is 3790. The van der Waals surface area contributed by atoms with E-state index in [9.17, 15) is 46.1 Å². The summed E-state index contributed by atoms with van der Waals surface area (Å²) < 4.78 is 75.3. The predicted molar refractivity (Wildman–Crippen MR) is 275 cm³/mol. The molecule has 0 bridgehead atoms. The summed E-state index contributed by atoms with van der Waals surface area (Å²) in [5.41, 5.74) is 0.899. The van der Waals surface area contributed by atoms with Crippen molar-refractivity contribution in [2.45, 2.75) is 23.6 Å². The number of halogens is 2. The summed E-state index contributed by atoms with van der Waals surface area (Å²) >= 11 is 12.3. The summed E-state index contributed by atoms with van der Waals surface area (Å²) in [6.07, 6.45) is 0. The van der Waals surface area contributed by atoms with Crippen molar-refractivity contribution >= 4 is 149 Å². The Kier molecular flexibility index (Phi) is 17.8. The second-order valence-electron chi connectivity index (χ2n) is 15.4. The number of anilines is 1. The molecule has 1 amide bonds. The van der Waals surface area contributed by atoms with Crippen LogP contribution in [0.25, 0.3) is 21.5 Å². The van der Waals surface area contributed by atoms with Crippen molar-refractivity contribution in [2.24, 2.45) is 25.4 Å². The number of aliphatic imine (C=N–C) groups is 1. The van der Waals surface area contributed by atoms with Crippen LogP contribution in [0.4, 0.5) is 34.1 Å². The third kappa shape index (κ3) is 12.7. The Hall–Kier alpha value is -6.72. The van der Waals surface area contributed by atoms with Crippen molar-refractivity contribution in [3.05, 3.63) is 166 Å². The molecule has 0 heterocycles. The van der Waals surface area contributed by atoms with E-state index in [2.05, 4.69) is 30.8 Å². The molecular weight excluding hydrogens is 1050 g/mol. The van der Waals surface area contributed by atoms with Crippen molar-refractivity contribution in [1.82, 2.24) is 0 Å². The molecule has 8 rings (SSSR count). The van der Waals surface area contributed by atoms with Crippen molar-refractivity contribution < 1.29 is 55.5 Å².